The maximum absolute atomic E-state index is 13.7. The normalized spacial score (nSPS) is 27.4. The maximum atomic E-state index is 13.7. The van der Waals surface area contributed by atoms with Crippen molar-refractivity contribution in [3.8, 4) is 0 Å². The van der Waals surface area contributed by atoms with Crippen LogP contribution < -0.4 is 21.5 Å². The van der Waals surface area contributed by atoms with E-state index in [1.165, 1.54) is 64.0 Å². The zero-order valence-corrected chi connectivity index (χ0v) is 22.4. The van der Waals surface area contributed by atoms with Crippen LogP contribution in [0, 0.1) is 5.41 Å². The highest BCUT2D eigenvalue weighted by molar-refractivity contribution is 6.03. The molecule has 8 heteroatoms. The van der Waals surface area contributed by atoms with Gasteiger partial charge in [0.15, 0.2) is 0 Å². The van der Waals surface area contributed by atoms with E-state index in [-0.39, 0.29) is 23.5 Å². The standard InChI is InChI=1S/C29H45N5O3/c1-37-27(36)23-13-12-22(21-10-11-21)18-24(23)31-26(35)25-19-29(28(33-32-25)34-17-16-30-20-34)14-8-6-4-2-3-5-7-9-15-29/h12-13,18,21,25,28,30,32-33H,2-11,14-17,19-20H2,1H3,(H,31,35). The molecule has 2 heterocycles. The van der Waals surface area contributed by atoms with E-state index in [2.05, 4.69) is 26.4 Å². The second-order valence-corrected chi connectivity index (χ2v) is 11.7. The van der Waals surface area contributed by atoms with E-state index < -0.39 is 5.97 Å². The van der Waals surface area contributed by atoms with Crippen molar-refractivity contribution in [3.63, 3.8) is 0 Å². The lowest BCUT2D eigenvalue weighted by molar-refractivity contribution is -0.123. The second kappa shape index (κ2) is 12.2. The van der Waals surface area contributed by atoms with Gasteiger partial charge in [-0.25, -0.2) is 15.6 Å². The van der Waals surface area contributed by atoms with Crippen molar-refractivity contribution >= 4 is 17.6 Å². The molecule has 4 aliphatic rings. The molecule has 1 aromatic carbocycles. The summed E-state index contributed by atoms with van der Waals surface area (Å²) < 4.78 is 5.01. The maximum Gasteiger partial charge on any atom is 0.339 e. The molecule has 1 spiro atoms. The predicted octanol–water partition coefficient (Wildman–Crippen LogP) is 4.25. The molecular formula is C29H45N5O3. The summed E-state index contributed by atoms with van der Waals surface area (Å²) in [6, 6.07) is 5.39. The fraction of sp³-hybridized carbons (Fsp3) is 0.724. The van der Waals surface area contributed by atoms with Crippen molar-refractivity contribution in [1.82, 2.24) is 21.1 Å². The molecule has 2 aliphatic carbocycles. The Hall–Kier alpha value is -2.00. The first-order chi connectivity index (χ1) is 18.1. The molecule has 37 heavy (non-hydrogen) atoms. The van der Waals surface area contributed by atoms with Gasteiger partial charge in [0, 0.05) is 25.2 Å². The number of hydrogen-bond acceptors (Lipinski definition) is 7. The van der Waals surface area contributed by atoms with Crippen LogP contribution in [0.4, 0.5) is 5.69 Å². The van der Waals surface area contributed by atoms with Crippen LogP contribution in [-0.4, -0.2) is 55.9 Å². The molecule has 1 amide bonds. The third-order valence-electron chi connectivity index (χ3n) is 9.01. The topological polar surface area (TPSA) is 94.7 Å². The number of carbonyl (C=O) groups excluding carboxylic acids is 2. The number of anilines is 1. The molecular weight excluding hydrogens is 466 g/mol. The van der Waals surface area contributed by atoms with Gasteiger partial charge in [-0.2, -0.15) is 0 Å². The first-order valence-corrected chi connectivity index (χ1v) is 14.6. The minimum Gasteiger partial charge on any atom is -0.465 e. The smallest absolute Gasteiger partial charge is 0.339 e. The highest BCUT2D eigenvalue weighted by atomic mass is 16.5. The molecule has 2 unspecified atom stereocenters. The van der Waals surface area contributed by atoms with E-state index in [4.69, 9.17) is 4.74 Å². The molecule has 2 saturated heterocycles. The van der Waals surface area contributed by atoms with Gasteiger partial charge in [0.1, 0.15) is 6.04 Å². The summed E-state index contributed by atoms with van der Waals surface area (Å²) in [5.74, 6) is 0.0214. The van der Waals surface area contributed by atoms with Crippen LogP contribution in [0.1, 0.15) is 105 Å². The van der Waals surface area contributed by atoms with E-state index in [9.17, 15) is 9.59 Å². The highest BCUT2D eigenvalue weighted by Crippen LogP contribution is 2.44. The average Bonchev–Trinajstić information content (AvgIpc) is 3.64. The van der Waals surface area contributed by atoms with Crippen molar-refractivity contribution in [2.45, 2.75) is 102 Å². The molecule has 0 aromatic heterocycles. The van der Waals surface area contributed by atoms with E-state index in [1.54, 1.807) is 6.07 Å². The summed E-state index contributed by atoms with van der Waals surface area (Å²) in [6.45, 7) is 2.91. The Kier molecular flexibility index (Phi) is 8.80. The molecule has 2 aliphatic heterocycles. The minimum absolute atomic E-state index is 0.0324. The molecule has 4 fully saturated rings. The van der Waals surface area contributed by atoms with Crippen LogP contribution in [0.2, 0.25) is 0 Å². The third kappa shape index (κ3) is 6.36. The molecule has 2 atom stereocenters. The van der Waals surface area contributed by atoms with Gasteiger partial charge < -0.3 is 15.4 Å². The number of carbonyl (C=O) groups is 2. The van der Waals surface area contributed by atoms with Gasteiger partial charge in [-0.3, -0.25) is 9.69 Å². The first-order valence-electron chi connectivity index (χ1n) is 14.6. The number of amides is 1. The lowest BCUT2D eigenvalue weighted by Gasteiger charge is -2.51. The zero-order valence-electron chi connectivity index (χ0n) is 22.4. The molecule has 1 aromatic rings. The van der Waals surface area contributed by atoms with Crippen LogP contribution in [0.5, 0.6) is 0 Å². The lowest BCUT2D eigenvalue weighted by Crippen LogP contribution is -2.68. The van der Waals surface area contributed by atoms with Crippen LogP contribution in [0.15, 0.2) is 18.2 Å². The third-order valence-corrected chi connectivity index (χ3v) is 9.01. The largest absolute Gasteiger partial charge is 0.465 e. The van der Waals surface area contributed by atoms with Gasteiger partial charge in [-0.1, -0.05) is 57.4 Å². The van der Waals surface area contributed by atoms with Crippen molar-refractivity contribution < 1.29 is 14.3 Å². The number of esters is 1. The summed E-state index contributed by atoms with van der Waals surface area (Å²) in [6.07, 6.45) is 15.9. The fourth-order valence-electron chi connectivity index (χ4n) is 6.74. The van der Waals surface area contributed by atoms with Crippen LogP contribution >= 0.6 is 0 Å². The Morgan fingerprint density at radius 3 is 2.32 bits per heavy atom. The van der Waals surface area contributed by atoms with Crippen LogP contribution in [-0.2, 0) is 9.53 Å². The Bertz CT molecular complexity index is 931. The first kappa shape index (κ1) is 26.6. The molecule has 0 bridgehead atoms. The van der Waals surface area contributed by atoms with Crippen LogP contribution in [0.25, 0.3) is 0 Å². The number of methoxy groups -OCH3 is 1. The summed E-state index contributed by atoms with van der Waals surface area (Å²) in [5.41, 5.74) is 9.17. The molecule has 4 N–H and O–H groups in total. The Morgan fingerprint density at radius 2 is 1.70 bits per heavy atom. The van der Waals surface area contributed by atoms with E-state index in [0.29, 0.717) is 17.2 Å². The van der Waals surface area contributed by atoms with Crippen molar-refractivity contribution in [2.75, 3.05) is 32.2 Å². The molecule has 5 rings (SSSR count). The zero-order chi connectivity index (χ0) is 25.7. The van der Waals surface area contributed by atoms with Gasteiger partial charge in [-0.05, 0) is 55.7 Å². The summed E-state index contributed by atoms with van der Waals surface area (Å²) in [4.78, 5) is 28.7. The fourth-order valence-corrected chi connectivity index (χ4v) is 6.74. The lowest BCUT2D eigenvalue weighted by atomic mass is 9.69. The SMILES string of the molecule is COC(=O)c1ccc(C2CC2)cc1NC(=O)C1CC2(CCCCCCCCCC2)C(N2CCNC2)NN1. The quantitative estimate of drug-likeness (QED) is 0.439. The predicted molar refractivity (Wildman–Crippen MR) is 145 cm³/mol. The van der Waals surface area contributed by atoms with Crippen LogP contribution in [0.3, 0.4) is 0 Å². The van der Waals surface area contributed by atoms with E-state index in [1.807, 2.05) is 12.1 Å². The second-order valence-electron chi connectivity index (χ2n) is 11.7. The minimum atomic E-state index is -0.422. The molecule has 204 valence electrons. The average molecular weight is 512 g/mol. The van der Waals surface area contributed by atoms with Gasteiger partial charge in [-0.15, -0.1) is 0 Å². The number of nitrogens with zero attached hydrogens (tertiary/aromatic N) is 1. The number of nitrogens with one attached hydrogen (secondary N) is 4. The number of hydrogen-bond donors (Lipinski definition) is 4. The summed E-state index contributed by atoms with van der Waals surface area (Å²) >= 11 is 0. The van der Waals surface area contributed by atoms with E-state index in [0.717, 1.165) is 51.9 Å². The molecule has 8 nitrogen and oxygen atoms in total. The highest BCUT2D eigenvalue weighted by Gasteiger charge is 2.48. The number of benzene rings is 1. The summed E-state index contributed by atoms with van der Waals surface area (Å²) in [7, 11) is 1.38. The van der Waals surface area contributed by atoms with Gasteiger partial charge in [0.05, 0.1) is 24.5 Å². The summed E-state index contributed by atoms with van der Waals surface area (Å²) in [5, 5.41) is 6.61. The number of rotatable bonds is 5. The van der Waals surface area contributed by atoms with Crippen molar-refractivity contribution in [3.05, 3.63) is 29.3 Å². The Morgan fingerprint density at radius 1 is 1.00 bits per heavy atom. The van der Waals surface area contributed by atoms with Gasteiger partial charge in [0.2, 0.25) is 5.91 Å². The van der Waals surface area contributed by atoms with Crippen molar-refractivity contribution in [2.24, 2.45) is 5.41 Å². The monoisotopic (exact) mass is 511 g/mol. The Balaban J connectivity index is 1.36. The number of ether oxygens (including phenoxy) is 1. The Labute approximate surface area is 221 Å². The van der Waals surface area contributed by atoms with Crippen molar-refractivity contribution in [1.29, 1.82) is 0 Å². The van der Waals surface area contributed by atoms with Gasteiger partial charge >= 0.3 is 5.97 Å². The van der Waals surface area contributed by atoms with Gasteiger partial charge in [0.25, 0.3) is 0 Å². The number of hydrazine groups is 1. The molecule has 0 radical (unpaired) electrons. The van der Waals surface area contributed by atoms with E-state index >= 15 is 0 Å². The molecule has 2 saturated carbocycles.